The van der Waals surface area contributed by atoms with Crippen molar-refractivity contribution in [2.24, 2.45) is 4.99 Å². The number of ketones is 1. The lowest BCUT2D eigenvalue weighted by Gasteiger charge is -2.13. The van der Waals surface area contributed by atoms with Crippen LogP contribution in [-0.4, -0.2) is 12.0 Å². The van der Waals surface area contributed by atoms with Crippen LogP contribution in [0, 0.1) is 0 Å². The van der Waals surface area contributed by atoms with Crippen LogP contribution in [0.2, 0.25) is 0 Å². The van der Waals surface area contributed by atoms with Gasteiger partial charge in [0.05, 0.1) is 6.21 Å². The van der Waals surface area contributed by atoms with Gasteiger partial charge >= 0.3 is 0 Å². The standard InChI is InChI=1S/C28H23NO2/c30-27(25-17-10-18-26(19-25)31-21-22-11-4-1-5-12-22)20-29-28(23-13-6-2-7-14-23)24-15-8-3-9-16-24/h1-20,28H,21H2. The first kappa shape index (κ1) is 20.3. The minimum atomic E-state index is -0.233. The Balaban J connectivity index is 1.51. The van der Waals surface area contributed by atoms with E-state index < -0.39 is 0 Å². The van der Waals surface area contributed by atoms with Crippen molar-refractivity contribution in [2.75, 3.05) is 0 Å². The van der Waals surface area contributed by atoms with Gasteiger partial charge in [-0.3, -0.25) is 9.79 Å². The average molecular weight is 405 g/mol. The summed E-state index contributed by atoms with van der Waals surface area (Å²) >= 11 is 0. The van der Waals surface area contributed by atoms with Crippen LogP contribution in [0.5, 0.6) is 5.75 Å². The lowest BCUT2D eigenvalue weighted by Crippen LogP contribution is -2.05. The fraction of sp³-hybridized carbons (Fsp3) is 0.0714. The predicted molar refractivity (Wildman–Crippen MR) is 125 cm³/mol. The molecule has 0 saturated heterocycles. The fourth-order valence-corrected chi connectivity index (χ4v) is 3.33. The van der Waals surface area contributed by atoms with Crippen LogP contribution >= 0.6 is 0 Å². The van der Waals surface area contributed by atoms with Crippen molar-refractivity contribution in [2.45, 2.75) is 12.6 Å². The van der Waals surface area contributed by atoms with Crippen molar-refractivity contribution < 1.29 is 9.53 Å². The number of carbonyl (C=O) groups is 1. The maximum atomic E-state index is 12.8. The lowest BCUT2D eigenvalue weighted by molar-refractivity contribution is 0.107. The normalized spacial score (nSPS) is 11.0. The molecule has 4 aromatic carbocycles. The molecule has 0 radical (unpaired) electrons. The third kappa shape index (κ3) is 5.55. The molecule has 31 heavy (non-hydrogen) atoms. The molecule has 4 aromatic rings. The molecule has 4 rings (SSSR count). The molecule has 0 N–H and O–H groups in total. The first-order valence-electron chi connectivity index (χ1n) is 10.2. The molecule has 0 bridgehead atoms. The summed E-state index contributed by atoms with van der Waals surface area (Å²) in [5, 5.41) is 0. The van der Waals surface area contributed by atoms with E-state index in [4.69, 9.17) is 4.74 Å². The molecule has 0 aliphatic heterocycles. The smallest absolute Gasteiger partial charge is 0.203 e. The molecule has 3 nitrogen and oxygen atoms in total. The van der Waals surface area contributed by atoms with Gasteiger partial charge < -0.3 is 4.74 Å². The molecule has 0 fully saturated rings. The van der Waals surface area contributed by atoms with Gasteiger partial charge in [0.25, 0.3) is 0 Å². The van der Waals surface area contributed by atoms with Crippen molar-refractivity contribution >= 4 is 12.0 Å². The summed E-state index contributed by atoms with van der Waals surface area (Å²) in [7, 11) is 0. The van der Waals surface area contributed by atoms with Gasteiger partial charge in [0.15, 0.2) is 0 Å². The number of hydrogen-bond donors (Lipinski definition) is 0. The zero-order chi connectivity index (χ0) is 21.3. The highest BCUT2D eigenvalue weighted by molar-refractivity contribution is 6.35. The molecule has 0 spiro atoms. The maximum Gasteiger partial charge on any atom is 0.203 e. The summed E-state index contributed by atoms with van der Waals surface area (Å²) in [6.07, 6.45) is 1.42. The maximum absolute atomic E-state index is 12.8. The monoisotopic (exact) mass is 405 g/mol. The fourth-order valence-electron chi connectivity index (χ4n) is 3.33. The van der Waals surface area contributed by atoms with Crippen LogP contribution in [-0.2, 0) is 6.61 Å². The average Bonchev–Trinajstić information content (AvgIpc) is 2.85. The van der Waals surface area contributed by atoms with E-state index in [-0.39, 0.29) is 11.8 Å². The first-order chi connectivity index (χ1) is 15.3. The van der Waals surface area contributed by atoms with Gasteiger partial charge in [0, 0.05) is 5.56 Å². The number of rotatable bonds is 8. The molecule has 0 aliphatic rings. The Hall–Kier alpha value is -3.98. The zero-order valence-corrected chi connectivity index (χ0v) is 17.1. The highest BCUT2D eigenvalue weighted by atomic mass is 16.5. The molecular formula is C28H23NO2. The summed E-state index contributed by atoms with van der Waals surface area (Å²) < 4.78 is 5.85. The van der Waals surface area contributed by atoms with E-state index in [9.17, 15) is 4.79 Å². The number of Topliss-reactive ketones (excluding diaryl/α,β-unsaturated/α-hetero) is 1. The van der Waals surface area contributed by atoms with E-state index >= 15 is 0 Å². The van der Waals surface area contributed by atoms with Crippen LogP contribution in [0.3, 0.4) is 0 Å². The van der Waals surface area contributed by atoms with Crippen LogP contribution in [0.25, 0.3) is 0 Å². The van der Waals surface area contributed by atoms with Gasteiger partial charge in [-0.1, -0.05) is 103 Å². The van der Waals surface area contributed by atoms with E-state index in [0.717, 1.165) is 16.7 Å². The molecule has 0 atom stereocenters. The van der Waals surface area contributed by atoms with E-state index in [0.29, 0.717) is 17.9 Å². The van der Waals surface area contributed by atoms with Gasteiger partial charge in [0.2, 0.25) is 5.78 Å². The molecule has 0 heterocycles. The SMILES string of the molecule is O=C(C=NC(c1ccccc1)c1ccccc1)c1cccc(OCc2ccccc2)c1. The minimum absolute atomic E-state index is 0.151. The van der Waals surface area contributed by atoms with Crippen molar-refractivity contribution in [3.8, 4) is 5.75 Å². The number of benzene rings is 4. The van der Waals surface area contributed by atoms with E-state index in [2.05, 4.69) is 4.99 Å². The Morgan fingerprint density at radius 3 is 1.94 bits per heavy atom. The number of aliphatic imine (C=N–C) groups is 1. The third-order valence-corrected chi connectivity index (χ3v) is 4.94. The van der Waals surface area contributed by atoms with Gasteiger partial charge in [-0.25, -0.2) is 0 Å². The van der Waals surface area contributed by atoms with Gasteiger partial charge in [-0.15, -0.1) is 0 Å². The topological polar surface area (TPSA) is 38.7 Å². The zero-order valence-electron chi connectivity index (χ0n) is 17.1. The molecule has 3 heteroatoms. The van der Waals surface area contributed by atoms with Gasteiger partial charge in [-0.05, 0) is 28.8 Å². The molecule has 0 aliphatic carbocycles. The van der Waals surface area contributed by atoms with Gasteiger partial charge in [-0.2, -0.15) is 0 Å². The summed E-state index contributed by atoms with van der Waals surface area (Å²) in [6, 6.07) is 36.9. The summed E-state index contributed by atoms with van der Waals surface area (Å²) in [4.78, 5) is 17.5. The van der Waals surface area contributed by atoms with Crippen molar-refractivity contribution in [3.63, 3.8) is 0 Å². The molecule has 0 unspecified atom stereocenters. The first-order valence-corrected chi connectivity index (χ1v) is 10.2. The number of carbonyl (C=O) groups excluding carboxylic acids is 1. The Morgan fingerprint density at radius 1 is 0.742 bits per heavy atom. The van der Waals surface area contributed by atoms with Crippen LogP contribution in [0.4, 0.5) is 0 Å². The highest BCUT2D eigenvalue weighted by Crippen LogP contribution is 2.25. The summed E-state index contributed by atoms with van der Waals surface area (Å²) in [6.45, 7) is 0.455. The lowest BCUT2D eigenvalue weighted by atomic mass is 9.99. The third-order valence-electron chi connectivity index (χ3n) is 4.94. The van der Waals surface area contributed by atoms with Crippen molar-refractivity contribution in [3.05, 3.63) is 138 Å². The Bertz CT molecular complexity index is 1100. The Morgan fingerprint density at radius 2 is 1.32 bits per heavy atom. The molecular weight excluding hydrogens is 382 g/mol. The van der Waals surface area contributed by atoms with Crippen LogP contribution in [0.15, 0.2) is 120 Å². The largest absolute Gasteiger partial charge is 0.489 e. The van der Waals surface area contributed by atoms with E-state index in [1.165, 1.54) is 6.21 Å². The predicted octanol–water partition coefficient (Wildman–Crippen LogP) is 6.31. The summed E-state index contributed by atoms with van der Waals surface area (Å²) in [5.41, 5.74) is 3.71. The second-order valence-corrected chi connectivity index (χ2v) is 7.17. The molecule has 152 valence electrons. The number of nitrogens with zero attached hydrogens (tertiary/aromatic N) is 1. The van der Waals surface area contributed by atoms with Crippen molar-refractivity contribution in [1.29, 1.82) is 0 Å². The second kappa shape index (κ2) is 10.2. The molecule has 0 amide bonds. The number of hydrogen-bond acceptors (Lipinski definition) is 3. The van der Waals surface area contributed by atoms with Crippen molar-refractivity contribution in [1.82, 2.24) is 0 Å². The number of ether oxygens (including phenoxy) is 1. The highest BCUT2D eigenvalue weighted by Gasteiger charge is 2.13. The van der Waals surface area contributed by atoms with Crippen LogP contribution < -0.4 is 4.74 Å². The van der Waals surface area contributed by atoms with Gasteiger partial charge in [0.1, 0.15) is 18.4 Å². The minimum Gasteiger partial charge on any atom is -0.489 e. The van der Waals surface area contributed by atoms with E-state index in [1.54, 1.807) is 12.1 Å². The Kier molecular flexibility index (Phi) is 6.66. The molecule has 0 aromatic heterocycles. The Labute approximate surface area is 182 Å². The second-order valence-electron chi connectivity index (χ2n) is 7.17. The summed E-state index contributed by atoms with van der Waals surface area (Å²) in [5.74, 6) is 0.507. The van der Waals surface area contributed by atoms with E-state index in [1.807, 2.05) is 103 Å². The quantitative estimate of drug-likeness (QED) is 0.255. The van der Waals surface area contributed by atoms with Crippen LogP contribution in [0.1, 0.15) is 33.1 Å². The molecule has 0 saturated carbocycles.